The average molecular weight is 591 g/mol. The highest BCUT2D eigenvalue weighted by molar-refractivity contribution is 5.99. The first kappa shape index (κ1) is 29.0. The zero-order valence-electron chi connectivity index (χ0n) is 22.8. The van der Waals surface area contributed by atoms with E-state index in [1.165, 1.54) is 27.7 Å². The van der Waals surface area contributed by atoms with E-state index in [2.05, 4.69) is 5.32 Å². The fourth-order valence-corrected chi connectivity index (χ4v) is 5.28. The topological polar surface area (TPSA) is 146 Å². The number of rotatable bonds is 7. The Labute approximate surface area is 237 Å². The summed E-state index contributed by atoms with van der Waals surface area (Å²) in [6.07, 6.45) is 0.583. The van der Waals surface area contributed by atoms with Gasteiger partial charge in [0.1, 0.15) is 23.2 Å². The molecule has 1 N–H and O–H groups in total. The van der Waals surface area contributed by atoms with Crippen molar-refractivity contribution < 1.29 is 46.9 Å². The van der Waals surface area contributed by atoms with Crippen LogP contribution in [0.1, 0.15) is 46.2 Å². The number of hydrogen-bond acceptors (Lipinski definition) is 9. The third-order valence-corrected chi connectivity index (χ3v) is 7.39. The summed E-state index contributed by atoms with van der Waals surface area (Å²) in [6, 6.07) is 1.73. The van der Waals surface area contributed by atoms with Crippen molar-refractivity contribution in [3.63, 3.8) is 0 Å². The molecule has 3 amide bonds. The monoisotopic (exact) mass is 590 g/mol. The van der Waals surface area contributed by atoms with Crippen molar-refractivity contribution in [3.8, 4) is 5.75 Å². The van der Waals surface area contributed by atoms with E-state index in [0.717, 1.165) is 12.1 Å². The van der Waals surface area contributed by atoms with Crippen LogP contribution in [0.15, 0.2) is 29.2 Å². The number of methoxy groups -OCH3 is 1. The first-order chi connectivity index (χ1) is 20.1. The van der Waals surface area contributed by atoms with Gasteiger partial charge in [-0.1, -0.05) is 6.07 Å². The van der Waals surface area contributed by atoms with Crippen molar-refractivity contribution in [2.45, 2.75) is 51.2 Å². The molecule has 0 radical (unpaired) electrons. The number of nitrogens with one attached hydrogen (secondary N) is 1. The van der Waals surface area contributed by atoms with Crippen LogP contribution in [0.2, 0.25) is 0 Å². The van der Waals surface area contributed by atoms with E-state index in [1.807, 2.05) is 0 Å². The predicted octanol–water partition coefficient (Wildman–Crippen LogP) is 1.37. The number of fused-ring (bicyclic) bond motifs is 2. The average Bonchev–Trinajstić information content (AvgIpc) is 3.60. The number of nitrogens with zero attached hydrogens (tertiary/aromatic N) is 3. The normalized spacial score (nSPS) is 21.0. The van der Waals surface area contributed by atoms with Crippen LogP contribution in [0.5, 0.6) is 5.75 Å². The Hall–Kier alpha value is -4.53. The van der Waals surface area contributed by atoms with Crippen molar-refractivity contribution in [3.05, 3.63) is 63.1 Å². The van der Waals surface area contributed by atoms with E-state index >= 15 is 0 Å². The van der Waals surface area contributed by atoms with Gasteiger partial charge in [0.2, 0.25) is 18.0 Å². The molecule has 3 unspecified atom stereocenters. The molecule has 3 aliphatic heterocycles. The number of halogens is 2. The van der Waals surface area contributed by atoms with Gasteiger partial charge in [0.15, 0.2) is 11.9 Å². The van der Waals surface area contributed by atoms with Crippen LogP contribution in [-0.2, 0) is 32.1 Å². The molecule has 1 aromatic carbocycles. The molecule has 2 saturated heterocycles. The standard InChI is InChI=1S/C27H28F2N4O9/c1-14-12-40-20-11-31-10-17(24(35)30-9-15-5-6-16(28)8-18(15)29)22(34)23(21(31)25(36)33(14)20)41-13-42-27(38)32-7-3-4-19(32)26(37)39-2/h5-6,8,10,14,19-20H,3-4,7,9,11-13H2,1-2H3,(H,30,35). The Morgan fingerprint density at radius 2 is 1.98 bits per heavy atom. The van der Waals surface area contributed by atoms with E-state index in [4.69, 9.17) is 18.9 Å². The van der Waals surface area contributed by atoms with E-state index in [-0.39, 0.29) is 43.5 Å². The Balaban J connectivity index is 1.40. The molecule has 0 spiro atoms. The van der Waals surface area contributed by atoms with E-state index < -0.39 is 71.3 Å². The first-order valence-electron chi connectivity index (χ1n) is 13.2. The van der Waals surface area contributed by atoms with E-state index in [1.54, 1.807) is 6.92 Å². The number of hydrogen-bond donors (Lipinski definition) is 1. The molecule has 224 valence electrons. The molecule has 15 heteroatoms. The molecular weight excluding hydrogens is 562 g/mol. The summed E-state index contributed by atoms with van der Waals surface area (Å²) in [7, 11) is 1.21. The second-order valence-corrected chi connectivity index (χ2v) is 10.0. The molecule has 3 atom stereocenters. The number of carbonyl (C=O) groups is 4. The van der Waals surface area contributed by atoms with Crippen molar-refractivity contribution >= 4 is 23.9 Å². The van der Waals surface area contributed by atoms with Crippen molar-refractivity contribution in [1.29, 1.82) is 0 Å². The third-order valence-electron chi connectivity index (χ3n) is 7.39. The van der Waals surface area contributed by atoms with Gasteiger partial charge in [-0.2, -0.15) is 0 Å². The van der Waals surface area contributed by atoms with Gasteiger partial charge >= 0.3 is 12.1 Å². The Morgan fingerprint density at radius 3 is 2.71 bits per heavy atom. The van der Waals surface area contributed by atoms with Gasteiger partial charge < -0.3 is 33.7 Å². The summed E-state index contributed by atoms with van der Waals surface area (Å²) in [6.45, 7) is 1.19. The van der Waals surface area contributed by atoms with Gasteiger partial charge in [0.05, 0.1) is 26.3 Å². The molecule has 0 saturated carbocycles. The number of pyridine rings is 1. The largest absolute Gasteiger partial charge is 0.467 e. The van der Waals surface area contributed by atoms with Crippen LogP contribution in [-0.4, -0.2) is 83.6 Å². The van der Waals surface area contributed by atoms with Crippen molar-refractivity contribution in [1.82, 2.24) is 19.7 Å². The number of amides is 3. The Bertz CT molecular complexity index is 1500. The van der Waals surface area contributed by atoms with E-state index in [0.29, 0.717) is 18.9 Å². The summed E-state index contributed by atoms with van der Waals surface area (Å²) >= 11 is 0. The molecule has 0 bridgehead atoms. The maximum atomic E-state index is 14.1. The van der Waals surface area contributed by atoms with Gasteiger partial charge in [0.25, 0.3) is 11.8 Å². The van der Waals surface area contributed by atoms with Crippen LogP contribution in [0.25, 0.3) is 0 Å². The molecule has 42 heavy (non-hydrogen) atoms. The molecule has 13 nitrogen and oxygen atoms in total. The first-order valence-corrected chi connectivity index (χ1v) is 13.2. The number of ether oxygens (including phenoxy) is 4. The fraction of sp³-hybridized carbons (Fsp3) is 0.444. The van der Waals surface area contributed by atoms with Crippen molar-refractivity contribution in [2.75, 3.05) is 27.1 Å². The van der Waals surface area contributed by atoms with Crippen LogP contribution in [0.4, 0.5) is 13.6 Å². The molecular formula is C27H28F2N4O9. The second-order valence-electron chi connectivity index (χ2n) is 10.0. The van der Waals surface area contributed by atoms with Gasteiger partial charge in [-0.3, -0.25) is 19.3 Å². The lowest BCUT2D eigenvalue weighted by Crippen LogP contribution is -2.49. The highest BCUT2D eigenvalue weighted by atomic mass is 19.1. The fourth-order valence-electron chi connectivity index (χ4n) is 5.28. The van der Waals surface area contributed by atoms with Crippen LogP contribution in [0.3, 0.4) is 0 Å². The number of likely N-dealkylation sites (tertiary alicyclic amines) is 1. The number of carbonyl (C=O) groups excluding carboxylic acids is 4. The maximum Gasteiger partial charge on any atom is 0.413 e. The Morgan fingerprint density at radius 1 is 1.19 bits per heavy atom. The van der Waals surface area contributed by atoms with Gasteiger partial charge in [-0.25, -0.2) is 18.4 Å². The van der Waals surface area contributed by atoms with Crippen LogP contribution >= 0.6 is 0 Å². The summed E-state index contributed by atoms with van der Waals surface area (Å²) < 4.78 is 49.8. The highest BCUT2D eigenvalue weighted by Crippen LogP contribution is 2.30. The minimum absolute atomic E-state index is 0.0162. The molecule has 2 aromatic rings. The quantitative estimate of drug-likeness (QED) is 0.373. The lowest BCUT2D eigenvalue weighted by atomic mass is 10.1. The minimum Gasteiger partial charge on any atom is -0.467 e. The van der Waals surface area contributed by atoms with Crippen LogP contribution in [0, 0.1) is 11.6 Å². The lowest BCUT2D eigenvalue weighted by molar-refractivity contribution is -0.145. The molecule has 4 heterocycles. The smallest absolute Gasteiger partial charge is 0.413 e. The molecule has 0 aliphatic carbocycles. The second kappa shape index (κ2) is 11.8. The van der Waals surface area contributed by atoms with Gasteiger partial charge in [-0.15, -0.1) is 0 Å². The predicted molar refractivity (Wildman–Crippen MR) is 137 cm³/mol. The third kappa shape index (κ3) is 5.38. The summed E-state index contributed by atoms with van der Waals surface area (Å²) in [5, 5.41) is 2.41. The lowest BCUT2D eigenvalue weighted by Gasteiger charge is -2.34. The SMILES string of the molecule is COC(=O)C1CCCN1C(=O)OCOc1c2n(cc(C(=O)NCc3ccc(F)cc3F)c1=O)CC1OCC(C)N1C2=O. The van der Waals surface area contributed by atoms with Gasteiger partial charge in [0, 0.05) is 30.9 Å². The number of benzene rings is 1. The van der Waals surface area contributed by atoms with Gasteiger partial charge in [-0.05, 0) is 25.8 Å². The van der Waals surface area contributed by atoms with Crippen molar-refractivity contribution in [2.24, 2.45) is 0 Å². The Kier molecular flexibility index (Phi) is 8.11. The molecule has 3 aliphatic rings. The summed E-state index contributed by atoms with van der Waals surface area (Å²) in [5.41, 5.74) is -1.58. The highest BCUT2D eigenvalue weighted by Gasteiger charge is 2.43. The van der Waals surface area contributed by atoms with Crippen LogP contribution < -0.4 is 15.5 Å². The summed E-state index contributed by atoms with van der Waals surface area (Å²) in [5.74, 6) is -4.29. The zero-order valence-corrected chi connectivity index (χ0v) is 22.8. The molecule has 5 rings (SSSR count). The zero-order chi connectivity index (χ0) is 30.1. The molecule has 2 fully saturated rings. The molecule has 1 aromatic heterocycles. The number of esters is 1. The minimum atomic E-state index is -0.970. The number of aromatic nitrogens is 1. The summed E-state index contributed by atoms with van der Waals surface area (Å²) in [4.78, 5) is 67.3. The maximum absolute atomic E-state index is 14.1. The van der Waals surface area contributed by atoms with E-state index in [9.17, 15) is 32.8 Å².